The van der Waals surface area contributed by atoms with Gasteiger partial charge in [0.1, 0.15) is 5.60 Å². The van der Waals surface area contributed by atoms with Crippen molar-refractivity contribution in [1.29, 1.82) is 0 Å². The van der Waals surface area contributed by atoms with Crippen molar-refractivity contribution in [3.05, 3.63) is 29.5 Å². The number of hydrogen-bond donors (Lipinski definition) is 0. The Kier molecular flexibility index (Phi) is 4.28. The monoisotopic (exact) mass is 330 g/mol. The maximum Gasteiger partial charge on any atom is 0.411 e. The lowest BCUT2D eigenvalue weighted by atomic mass is 9.93. The van der Waals surface area contributed by atoms with Crippen LogP contribution in [0.2, 0.25) is 0 Å². The van der Waals surface area contributed by atoms with Gasteiger partial charge in [-0.15, -0.1) is 0 Å². The van der Waals surface area contributed by atoms with E-state index in [0.717, 1.165) is 30.4 Å². The van der Waals surface area contributed by atoms with Crippen molar-refractivity contribution >= 4 is 11.7 Å². The molecular formula is C19H26N2O3. The minimum atomic E-state index is -0.461. The van der Waals surface area contributed by atoms with Gasteiger partial charge >= 0.3 is 6.09 Å². The summed E-state index contributed by atoms with van der Waals surface area (Å²) in [6, 6.07) is 2.29. The molecule has 3 heterocycles. The van der Waals surface area contributed by atoms with Gasteiger partial charge in [-0.1, -0.05) is 6.08 Å². The van der Waals surface area contributed by atoms with E-state index in [0.29, 0.717) is 5.88 Å². The fourth-order valence-corrected chi connectivity index (χ4v) is 3.61. The van der Waals surface area contributed by atoms with Crippen molar-refractivity contribution in [2.45, 2.75) is 64.6 Å². The third kappa shape index (κ3) is 3.25. The van der Waals surface area contributed by atoms with Crippen LogP contribution in [-0.4, -0.2) is 40.8 Å². The number of fused-ring (bicyclic) bond motifs is 2. The summed E-state index contributed by atoms with van der Waals surface area (Å²) in [5, 5.41) is 0. The van der Waals surface area contributed by atoms with Gasteiger partial charge in [-0.25, -0.2) is 9.78 Å². The second kappa shape index (κ2) is 6.11. The maximum atomic E-state index is 12.5. The van der Waals surface area contributed by atoms with Gasteiger partial charge in [0.05, 0.1) is 13.2 Å². The average molecular weight is 330 g/mol. The summed E-state index contributed by atoms with van der Waals surface area (Å²) < 4.78 is 10.8. The van der Waals surface area contributed by atoms with Gasteiger partial charge in [-0.3, -0.25) is 4.90 Å². The molecule has 2 unspecified atom stereocenters. The number of ether oxygens (including phenoxy) is 2. The Morgan fingerprint density at radius 2 is 2.08 bits per heavy atom. The normalized spacial score (nSPS) is 23.0. The van der Waals surface area contributed by atoms with Crippen molar-refractivity contribution < 1.29 is 14.3 Å². The van der Waals surface area contributed by atoms with Crippen LogP contribution in [0.25, 0.3) is 5.57 Å². The molecule has 2 aliphatic rings. The Balaban J connectivity index is 1.83. The highest BCUT2D eigenvalue weighted by atomic mass is 16.6. The molecule has 0 N–H and O–H groups in total. The highest BCUT2D eigenvalue weighted by molar-refractivity contribution is 5.76. The average Bonchev–Trinajstić information content (AvgIpc) is 2.76. The van der Waals surface area contributed by atoms with Crippen LogP contribution in [0.4, 0.5) is 4.79 Å². The third-order valence-corrected chi connectivity index (χ3v) is 4.64. The number of methoxy groups -OCH3 is 1. The van der Waals surface area contributed by atoms with Gasteiger partial charge < -0.3 is 9.47 Å². The predicted molar refractivity (Wildman–Crippen MR) is 93.0 cm³/mol. The topological polar surface area (TPSA) is 51.7 Å². The highest BCUT2D eigenvalue weighted by Gasteiger charge is 2.41. The van der Waals surface area contributed by atoms with E-state index in [2.05, 4.69) is 18.0 Å². The fraction of sp³-hybridized carbons (Fsp3) is 0.579. The van der Waals surface area contributed by atoms with Crippen molar-refractivity contribution in [3.63, 3.8) is 0 Å². The third-order valence-electron chi connectivity index (χ3n) is 4.64. The van der Waals surface area contributed by atoms with E-state index in [1.165, 1.54) is 5.57 Å². The summed E-state index contributed by atoms with van der Waals surface area (Å²) in [4.78, 5) is 18.8. The van der Waals surface area contributed by atoms with Crippen molar-refractivity contribution in [1.82, 2.24) is 9.88 Å². The second-order valence-corrected chi connectivity index (χ2v) is 7.62. The minimum absolute atomic E-state index is 0.120. The summed E-state index contributed by atoms with van der Waals surface area (Å²) >= 11 is 0. The summed E-state index contributed by atoms with van der Waals surface area (Å²) in [6.45, 7) is 7.79. The first-order chi connectivity index (χ1) is 11.3. The van der Waals surface area contributed by atoms with Gasteiger partial charge in [0, 0.05) is 18.3 Å². The van der Waals surface area contributed by atoms with E-state index in [4.69, 9.17) is 9.47 Å². The molecule has 3 rings (SSSR count). The summed E-state index contributed by atoms with van der Waals surface area (Å²) in [5.74, 6) is 0.631. The molecule has 2 bridgehead atoms. The van der Waals surface area contributed by atoms with E-state index in [9.17, 15) is 4.79 Å². The first-order valence-corrected chi connectivity index (χ1v) is 8.51. The Labute approximate surface area is 143 Å². The zero-order valence-corrected chi connectivity index (χ0v) is 15.1. The lowest BCUT2D eigenvalue weighted by Gasteiger charge is -2.35. The molecule has 24 heavy (non-hydrogen) atoms. The molecule has 2 aliphatic heterocycles. The molecule has 0 saturated carbocycles. The predicted octanol–water partition coefficient (Wildman–Crippen LogP) is 3.95. The Morgan fingerprint density at radius 3 is 2.67 bits per heavy atom. The largest absolute Gasteiger partial charge is 0.481 e. The van der Waals surface area contributed by atoms with Crippen molar-refractivity contribution in [2.24, 2.45) is 0 Å². The second-order valence-electron chi connectivity index (χ2n) is 7.62. The summed E-state index contributed by atoms with van der Waals surface area (Å²) in [5.41, 5.74) is 3.11. The van der Waals surface area contributed by atoms with Crippen LogP contribution in [0.5, 0.6) is 5.88 Å². The molecule has 2 atom stereocenters. The summed E-state index contributed by atoms with van der Waals surface area (Å²) in [7, 11) is 1.63. The first kappa shape index (κ1) is 16.8. The number of aromatic nitrogens is 1. The lowest BCUT2D eigenvalue weighted by molar-refractivity contribution is 0.0175. The summed E-state index contributed by atoms with van der Waals surface area (Å²) in [6.07, 6.45) is 6.76. The van der Waals surface area contributed by atoms with Crippen LogP contribution < -0.4 is 4.74 Å². The molecule has 0 aromatic carbocycles. The van der Waals surface area contributed by atoms with Crippen LogP contribution in [-0.2, 0) is 4.74 Å². The number of hydrogen-bond acceptors (Lipinski definition) is 4. The molecule has 0 radical (unpaired) electrons. The van der Waals surface area contributed by atoms with Crippen LogP contribution >= 0.6 is 0 Å². The number of carbonyl (C=O) groups excluding carboxylic acids is 1. The number of carbonyl (C=O) groups is 1. The molecule has 0 aliphatic carbocycles. The molecule has 1 amide bonds. The quantitative estimate of drug-likeness (QED) is 0.824. The van der Waals surface area contributed by atoms with Crippen LogP contribution in [0.3, 0.4) is 0 Å². The maximum absolute atomic E-state index is 12.5. The van der Waals surface area contributed by atoms with Crippen molar-refractivity contribution in [3.8, 4) is 5.88 Å². The van der Waals surface area contributed by atoms with E-state index >= 15 is 0 Å². The highest BCUT2D eigenvalue weighted by Crippen LogP contribution is 2.40. The van der Waals surface area contributed by atoms with E-state index in [1.54, 1.807) is 7.11 Å². The molecule has 1 fully saturated rings. The van der Waals surface area contributed by atoms with E-state index < -0.39 is 5.60 Å². The number of pyridine rings is 1. The van der Waals surface area contributed by atoms with Gasteiger partial charge in [0.15, 0.2) is 0 Å². The van der Waals surface area contributed by atoms with E-state index in [1.807, 2.05) is 37.9 Å². The molecule has 0 spiro atoms. The molecule has 1 saturated heterocycles. The van der Waals surface area contributed by atoms with Gasteiger partial charge in [-0.05, 0) is 63.7 Å². The Hall–Kier alpha value is -2.04. The van der Waals surface area contributed by atoms with E-state index in [-0.39, 0.29) is 18.2 Å². The molecule has 1 aromatic rings. The first-order valence-electron chi connectivity index (χ1n) is 8.51. The lowest BCUT2D eigenvalue weighted by Crippen LogP contribution is -2.45. The molecular weight excluding hydrogens is 304 g/mol. The Bertz CT molecular complexity index is 676. The number of nitrogens with zero attached hydrogens (tertiary/aromatic N) is 2. The zero-order valence-electron chi connectivity index (χ0n) is 15.1. The molecule has 1 aromatic heterocycles. The van der Waals surface area contributed by atoms with Crippen LogP contribution in [0.1, 0.15) is 51.2 Å². The Morgan fingerprint density at radius 1 is 1.33 bits per heavy atom. The van der Waals surface area contributed by atoms with Crippen LogP contribution in [0.15, 0.2) is 18.3 Å². The van der Waals surface area contributed by atoms with Gasteiger partial charge in [-0.2, -0.15) is 0 Å². The zero-order chi connectivity index (χ0) is 17.5. The minimum Gasteiger partial charge on any atom is -0.481 e. The SMILES string of the molecule is COc1cc(C)c(C2=CC3CCC(C2)N3C(=O)OC(C)(C)C)cn1. The standard InChI is InChI=1S/C19H26N2O3/c1-12-8-17(23-5)20-11-16(12)13-9-14-6-7-15(10-13)21(14)18(22)24-19(2,3)4/h8-9,11,14-15H,6-7,10H2,1-5H3. The van der Waals surface area contributed by atoms with Gasteiger partial charge in [0.25, 0.3) is 0 Å². The molecule has 5 nitrogen and oxygen atoms in total. The van der Waals surface area contributed by atoms with Gasteiger partial charge in [0.2, 0.25) is 5.88 Å². The molecule has 130 valence electrons. The number of amides is 1. The molecule has 5 heteroatoms. The smallest absolute Gasteiger partial charge is 0.411 e. The van der Waals surface area contributed by atoms with Crippen LogP contribution in [0, 0.1) is 6.92 Å². The number of aryl methyl sites for hydroxylation is 1. The van der Waals surface area contributed by atoms with Crippen molar-refractivity contribution in [2.75, 3.05) is 7.11 Å². The number of rotatable bonds is 2. The fourth-order valence-electron chi connectivity index (χ4n) is 3.61.